The topological polar surface area (TPSA) is 81.1 Å². The summed E-state index contributed by atoms with van der Waals surface area (Å²) in [7, 11) is 0. The number of hydrogen-bond donors (Lipinski definition) is 2. The van der Waals surface area contributed by atoms with Crippen molar-refractivity contribution in [1.29, 1.82) is 0 Å². The van der Waals surface area contributed by atoms with Gasteiger partial charge in [0.2, 0.25) is 5.91 Å². The lowest BCUT2D eigenvalue weighted by atomic mass is 9.68. The van der Waals surface area contributed by atoms with Crippen LogP contribution in [0.3, 0.4) is 0 Å². The Kier molecular flexibility index (Phi) is 6.15. The third kappa shape index (κ3) is 5.42. The lowest BCUT2D eigenvalue weighted by Gasteiger charge is -2.43. The zero-order chi connectivity index (χ0) is 18.8. The second-order valence-corrected chi connectivity index (χ2v) is 9.10. The van der Waals surface area contributed by atoms with Crippen molar-refractivity contribution in [2.45, 2.75) is 59.0 Å². The highest BCUT2D eigenvalue weighted by atomic mass is 16.4. The molecule has 0 bridgehead atoms. The predicted molar refractivity (Wildman–Crippen MR) is 96.2 cm³/mol. The first-order chi connectivity index (χ1) is 11.5. The minimum Gasteiger partial charge on any atom is -0.481 e. The summed E-state index contributed by atoms with van der Waals surface area (Å²) in [6.45, 7) is 10.5. The molecule has 1 amide bonds. The number of carboxylic acids is 1. The minimum atomic E-state index is -0.874. The summed E-state index contributed by atoms with van der Waals surface area (Å²) in [6, 6.07) is 0. The van der Waals surface area contributed by atoms with Crippen LogP contribution in [0.15, 0.2) is 0 Å². The van der Waals surface area contributed by atoms with E-state index in [1.54, 1.807) is 4.90 Å². The van der Waals surface area contributed by atoms with Crippen LogP contribution in [0.4, 0.5) is 0 Å². The summed E-state index contributed by atoms with van der Waals surface area (Å²) in [6.07, 6.45) is 3.55. The van der Waals surface area contributed by atoms with Gasteiger partial charge in [-0.15, -0.1) is 0 Å². The van der Waals surface area contributed by atoms with Gasteiger partial charge in [0.15, 0.2) is 0 Å². The monoisotopic (exact) mass is 354 g/mol. The van der Waals surface area contributed by atoms with Gasteiger partial charge in [-0.2, -0.15) is 0 Å². The van der Waals surface area contributed by atoms with E-state index < -0.39 is 17.5 Å². The van der Waals surface area contributed by atoms with Gasteiger partial charge in [0.05, 0.1) is 11.5 Å². The van der Waals surface area contributed by atoms with Gasteiger partial charge in [0, 0.05) is 39.6 Å². The molecule has 1 heterocycles. The molecule has 0 unspecified atom stereocenters. The van der Waals surface area contributed by atoms with Gasteiger partial charge in [0.1, 0.15) is 0 Å². The molecule has 1 saturated carbocycles. The molecule has 25 heavy (non-hydrogen) atoms. The van der Waals surface area contributed by atoms with E-state index in [9.17, 15) is 19.8 Å². The van der Waals surface area contributed by atoms with Crippen LogP contribution in [0.1, 0.15) is 53.4 Å². The Labute approximate surface area is 151 Å². The number of aliphatic hydroxyl groups is 1. The number of carboxylic acid groups (broad SMARTS) is 1. The molecule has 6 heteroatoms. The molecule has 0 radical (unpaired) electrons. The van der Waals surface area contributed by atoms with Crippen molar-refractivity contribution in [2.75, 3.05) is 32.7 Å². The zero-order valence-corrected chi connectivity index (χ0v) is 16.1. The molecule has 0 aromatic carbocycles. The number of rotatable bonds is 3. The van der Waals surface area contributed by atoms with Crippen LogP contribution < -0.4 is 0 Å². The average Bonchev–Trinajstić information content (AvgIpc) is 2.69. The number of nitrogens with zero attached hydrogens (tertiary/aromatic N) is 2. The van der Waals surface area contributed by atoms with Crippen LogP contribution in [0.5, 0.6) is 0 Å². The van der Waals surface area contributed by atoms with Crippen LogP contribution in [0.2, 0.25) is 0 Å². The highest BCUT2D eigenvalue weighted by molar-refractivity contribution is 5.75. The van der Waals surface area contributed by atoms with E-state index in [0.29, 0.717) is 32.1 Å². The van der Waals surface area contributed by atoms with E-state index >= 15 is 0 Å². The number of β-amino-alcohol motifs (C(OH)–C–C–N with tert-alkyl or cyclic N) is 1. The number of amides is 1. The molecular formula is C19H34N2O4. The lowest BCUT2D eigenvalue weighted by Crippen LogP contribution is -2.48. The van der Waals surface area contributed by atoms with Crippen LogP contribution in [0.25, 0.3) is 0 Å². The maximum absolute atomic E-state index is 11.7. The Bertz CT molecular complexity index is 492. The van der Waals surface area contributed by atoms with E-state index in [4.69, 9.17) is 0 Å². The van der Waals surface area contributed by atoms with Crippen LogP contribution >= 0.6 is 0 Å². The first-order valence-electron chi connectivity index (χ1n) is 9.43. The molecule has 0 aromatic rings. The fraction of sp³-hybridized carbons (Fsp3) is 0.895. The van der Waals surface area contributed by atoms with E-state index in [1.807, 2.05) is 4.90 Å². The molecule has 0 spiro atoms. The van der Waals surface area contributed by atoms with E-state index in [1.165, 1.54) is 6.92 Å². The first kappa shape index (κ1) is 20.2. The van der Waals surface area contributed by atoms with Crippen molar-refractivity contribution in [3.63, 3.8) is 0 Å². The summed E-state index contributed by atoms with van der Waals surface area (Å²) >= 11 is 0. The Morgan fingerprint density at radius 1 is 1.12 bits per heavy atom. The summed E-state index contributed by atoms with van der Waals surface area (Å²) in [5, 5.41) is 20.5. The zero-order valence-electron chi connectivity index (χ0n) is 16.1. The molecule has 2 N–H and O–H groups in total. The number of carbonyl (C=O) groups excluding carboxylic acids is 1. The van der Waals surface area contributed by atoms with E-state index in [2.05, 4.69) is 20.8 Å². The van der Waals surface area contributed by atoms with E-state index in [0.717, 1.165) is 25.7 Å². The first-order valence-corrected chi connectivity index (χ1v) is 9.43. The smallest absolute Gasteiger partial charge is 0.309 e. The fourth-order valence-electron chi connectivity index (χ4n) is 4.26. The lowest BCUT2D eigenvalue weighted by molar-refractivity contribution is -0.143. The molecule has 1 saturated heterocycles. The van der Waals surface area contributed by atoms with Crippen molar-refractivity contribution in [1.82, 2.24) is 9.80 Å². The molecule has 144 valence electrons. The predicted octanol–water partition coefficient (Wildman–Crippen LogP) is 1.82. The molecule has 1 atom stereocenters. The largest absolute Gasteiger partial charge is 0.481 e. The van der Waals surface area contributed by atoms with Gasteiger partial charge in [-0.05, 0) is 37.0 Å². The van der Waals surface area contributed by atoms with Gasteiger partial charge in [-0.1, -0.05) is 20.8 Å². The molecule has 1 aliphatic carbocycles. The number of hydrogen-bond acceptors (Lipinski definition) is 4. The van der Waals surface area contributed by atoms with Gasteiger partial charge >= 0.3 is 5.97 Å². The summed E-state index contributed by atoms with van der Waals surface area (Å²) in [5.74, 6) is -0.933. The van der Waals surface area contributed by atoms with Crippen molar-refractivity contribution in [3.8, 4) is 0 Å². The average molecular weight is 354 g/mol. The van der Waals surface area contributed by atoms with Gasteiger partial charge in [-0.25, -0.2) is 0 Å². The molecule has 0 aromatic heterocycles. The second-order valence-electron chi connectivity index (χ2n) is 9.10. The SMILES string of the molecule is CC(=O)N1CCN(CC2(O)CCC(C(C)(C)C)CC2)C[C@H](C(=O)O)C1. The number of aliphatic carboxylic acids is 1. The fourth-order valence-corrected chi connectivity index (χ4v) is 4.26. The molecule has 2 rings (SSSR count). The van der Waals surface area contributed by atoms with Crippen LogP contribution in [-0.2, 0) is 9.59 Å². The minimum absolute atomic E-state index is 0.0857. The van der Waals surface area contributed by atoms with Crippen molar-refractivity contribution in [2.24, 2.45) is 17.3 Å². The van der Waals surface area contributed by atoms with Gasteiger partial charge in [0.25, 0.3) is 0 Å². The highest BCUT2D eigenvalue weighted by Gasteiger charge is 2.39. The Balaban J connectivity index is 1.99. The standard InChI is InChI=1S/C19H34N2O4/c1-14(22)21-10-9-20(11-15(12-21)17(23)24)13-19(25)7-5-16(6-8-19)18(2,3)4/h15-16,25H,5-13H2,1-4H3,(H,23,24)/t15-,16?,19?/m0/s1. The number of carbonyl (C=O) groups is 2. The normalized spacial score (nSPS) is 32.3. The molecule has 1 aliphatic heterocycles. The van der Waals surface area contributed by atoms with Crippen molar-refractivity contribution >= 4 is 11.9 Å². The van der Waals surface area contributed by atoms with Crippen LogP contribution in [0, 0.1) is 17.3 Å². The second kappa shape index (κ2) is 7.62. The highest BCUT2D eigenvalue weighted by Crippen LogP contribution is 2.41. The molecule has 2 aliphatic rings. The van der Waals surface area contributed by atoms with Crippen LogP contribution in [-0.4, -0.2) is 70.2 Å². The molecule has 2 fully saturated rings. The third-order valence-electron chi connectivity index (χ3n) is 6.06. The molecule has 6 nitrogen and oxygen atoms in total. The Morgan fingerprint density at radius 2 is 1.72 bits per heavy atom. The Hall–Kier alpha value is -1.14. The Morgan fingerprint density at radius 3 is 2.20 bits per heavy atom. The summed E-state index contributed by atoms with van der Waals surface area (Å²) in [4.78, 5) is 26.8. The summed E-state index contributed by atoms with van der Waals surface area (Å²) < 4.78 is 0. The maximum Gasteiger partial charge on any atom is 0.309 e. The maximum atomic E-state index is 11.7. The van der Waals surface area contributed by atoms with Gasteiger partial charge in [-0.3, -0.25) is 14.5 Å². The van der Waals surface area contributed by atoms with Crippen molar-refractivity contribution < 1.29 is 19.8 Å². The van der Waals surface area contributed by atoms with E-state index in [-0.39, 0.29) is 17.9 Å². The van der Waals surface area contributed by atoms with Crippen molar-refractivity contribution in [3.05, 3.63) is 0 Å². The molecular weight excluding hydrogens is 320 g/mol. The third-order valence-corrected chi connectivity index (χ3v) is 6.06. The van der Waals surface area contributed by atoms with Gasteiger partial charge < -0.3 is 15.1 Å². The quantitative estimate of drug-likeness (QED) is 0.808. The summed E-state index contributed by atoms with van der Waals surface area (Å²) in [5.41, 5.74) is -0.476.